The molecule has 62 valence electrons. The average molecular weight is 177 g/mol. The van der Waals surface area contributed by atoms with Gasteiger partial charge in [0, 0.05) is 0 Å². The van der Waals surface area contributed by atoms with Crippen LogP contribution in [0.5, 0.6) is 0 Å². The number of hydrogen-bond acceptors (Lipinski definition) is 4. The fourth-order valence-corrected chi connectivity index (χ4v) is 1.51. The molecule has 0 aromatic heterocycles. The zero-order chi connectivity index (χ0) is 8.32. The Morgan fingerprint density at radius 1 is 1.64 bits per heavy atom. The molecular formula is C5H9N2O3S+. The van der Waals surface area contributed by atoms with E-state index in [2.05, 4.69) is 9.18 Å². The summed E-state index contributed by atoms with van der Waals surface area (Å²) >= 11 is 0. The molecular weight excluding hydrogens is 168 g/mol. The Labute approximate surface area is 65.2 Å². The van der Waals surface area contributed by atoms with Crippen molar-refractivity contribution >= 4 is 16.6 Å². The van der Waals surface area contributed by atoms with Crippen molar-refractivity contribution in [2.24, 2.45) is 4.99 Å². The van der Waals surface area contributed by atoms with Gasteiger partial charge in [-0.05, 0) is 6.92 Å². The first-order valence-electron chi connectivity index (χ1n) is 3.13. The van der Waals surface area contributed by atoms with Crippen LogP contribution in [0.25, 0.3) is 0 Å². The van der Waals surface area contributed by atoms with E-state index in [0.29, 0.717) is 0 Å². The van der Waals surface area contributed by atoms with Gasteiger partial charge in [0.1, 0.15) is 6.20 Å². The molecule has 1 atom stereocenters. The van der Waals surface area contributed by atoms with E-state index < -0.39 is 10.3 Å². The highest BCUT2D eigenvalue weighted by Gasteiger charge is 2.24. The average Bonchev–Trinajstić information content (AvgIpc) is 2.37. The molecule has 5 nitrogen and oxygen atoms in total. The topological polar surface area (TPSA) is 60.2 Å². The quantitative estimate of drug-likeness (QED) is 0.580. The Balaban J connectivity index is 2.73. The van der Waals surface area contributed by atoms with E-state index in [-0.39, 0.29) is 10.9 Å². The Hall–Kier alpha value is -0.720. The molecule has 1 unspecified atom stereocenters. The molecule has 1 heterocycles. The number of hydrogen-bond donors (Lipinski definition) is 1. The number of quaternary nitrogens is 1. The molecule has 0 bridgehead atoms. The van der Waals surface area contributed by atoms with Crippen LogP contribution >= 0.6 is 0 Å². The number of rotatable bonds is 3. The van der Waals surface area contributed by atoms with E-state index >= 15 is 0 Å². The summed E-state index contributed by atoms with van der Waals surface area (Å²) < 4.78 is 26.7. The molecule has 1 aliphatic heterocycles. The molecule has 0 aliphatic carbocycles. The van der Waals surface area contributed by atoms with Gasteiger partial charge in [0.15, 0.2) is 0 Å². The van der Waals surface area contributed by atoms with Crippen LogP contribution in [0.4, 0.5) is 0 Å². The van der Waals surface area contributed by atoms with E-state index in [1.165, 1.54) is 18.7 Å². The lowest BCUT2D eigenvalue weighted by Gasteiger charge is -2.03. The normalized spacial score (nSPS) is 22.8. The van der Waals surface area contributed by atoms with Gasteiger partial charge in [0.2, 0.25) is 6.34 Å². The van der Waals surface area contributed by atoms with Crippen molar-refractivity contribution in [2.75, 3.05) is 6.61 Å². The molecule has 11 heavy (non-hydrogen) atoms. The predicted octanol–water partition coefficient (Wildman–Crippen LogP) is -1.33. The maximum absolute atomic E-state index is 11.0. The van der Waals surface area contributed by atoms with Gasteiger partial charge in [-0.15, -0.1) is 12.7 Å². The lowest BCUT2D eigenvalue weighted by molar-refractivity contribution is -0.587. The third kappa shape index (κ3) is 1.86. The fourth-order valence-electron chi connectivity index (χ4n) is 0.647. The monoisotopic (exact) mass is 177 g/mol. The summed E-state index contributed by atoms with van der Waals surface area (Å²) in [6, 6.07) is 0. The molecule has 0 spiro atoms. The van der Waals surface area contributed by atoms with Crippen LogP contribution in [0.2, 0.25) is 0 Å². The van der Waals surface area contributed by atoms with Crippen LogP contribution in [0, 0.1) is 0 Å². The molecule has 0 aromatic rings. The van der Waals surface area contributed by atoms with E-state index in [9.17, 15) is 8.42 Å². The van der Waals surface area contributed by atoms with Crippen LogP contribution < -0.4 is 4.31 Å². The van der Waals surface area contributed by atoms with E-state index in [1.54, 1.807) is 6.92 Å². The lowest BCUT2D eigenvalue weighted by Crippen LogP contribution is -3.07. The number of nitrogens with zero attached hydrogens (tertiary/aromatic N) is 1. The maximum Gasteiger partial charge on any atom is 0.444 e. The van der Waals surface area contributed by atoms with Gasteiger partial charge >= 0.3 is 10.3 Å². The van der Waals surface area contributed by atoms with E-state index in [0.717, 1.165) is 0 Å². The van der Waals surface area contributed by atoms with Crippen molar-refractivity contribution in [3.8, 4) is 0 Å². The molecule has 0 fully saturated rings. The summed E-state index contributed by atoms with van der Waals surface area (Å²) in [7, 11) is -3.53. The van der Waals surface area contributed by atoms with E-state index in [4.69, 9.17) is 0 Å². The molecule has 0 saturated carbocycles. The fraction of sp³-hybridized carbons (Fsp3) is 0.400. The smallest absolute Gasteiger partial charge is 0.226 e. The van der Waals surface area contributed by atoms with Crippen molar-refractivity contribution in [3.05, 3.63) is 12.4 Å². The highest BCUT2D eigenvalue weighted by molar-refractivity contribution is 7.80. The van der Waals surface area contributed by atoms with Crippen LogP contribution in [0.3, 0.4) is 0 Å². The first-order valence-corrected chi connectivity index (χ1v) is 4.54. The third-order valence-corrected chi connectivity index (χ3v) is 2.45. The Morgan fingerprint density at radius 2 is 2.36 bits per heavy atom. The minimum absolute atomic E-state index is 0.111. The summed E-state index contributed by atoms with van der Waals surface area (Å²) in [5.41, 5.74) is 0. The van der Waals surface area contributed by atoms with Gasteiger partial charge in [-0.3, -0.25) is 0 Å². The Morgan fingerprint density at radius 3 is 2.82 bits per heavy atom. The minimum atomic E-state index is -3.53. The third-order valence-electron chi connectivity index (χ3n) is 1.09. The molecule has 0 radical (unpaired) electrons. The van der Waals surface area contributed by atoms with Gasteiger partial charge in [0.25, 0.3) is 0 Å². The van der Waals surface area contributed by atoms with E-state index in [1.807, 2.05) is 0 Å². The molecule has 1 aliphatic rings. The van der Waals surface area contributed by atoms with Crippen molar-refractivity contribution in [3.63, 3.8) is 0 Å². The Kier molecular flexibility index (Phi) is 2.38. The van der Waals surface area contributed by atoms with Crippen LogP contribution in [0.15, 0.2) is 17.4 Å². The second-order valence-electron chi connectivity index (χ2n) is 1.86. The highest BCUT2D eigenvalue weighted by Crippen LogP contribution is 1.83. The second kappa shape index (κ2) is 3.12. The number of nitrogens with one attached hydrogen (secondary N) is 1. The SMILES string of the molecule is CCOS(=O)(=O)[NH+]1C=CN=C1. The first kappa shape index (κ1) is 8.38. The zero-order valence-corrected chi connectivity index (χ0v) is 6.84. The van der Waals surface area contributed by atoms with Crippen LogP contribution in [-0.4, -0.2) is 21.4 Å². The largest absolute Gasteiger partial charge is 0.444 e. The van der Waals surface area contributed by atoms with Gasteiger partial charge in [-0.1, -0.05) is 0 Å². The first-order chi connectivity index (χ1) is 5.17. The summed E-state index contributed by atoms with van der Waals surface area (Å²) in [5, 5.41) is 0. The maximum atomic E-state index is 11.0. The van der Waals surface area contributed by atoms with Crippen molar-refractivity contribution in [1.29, 1.82) is 0 Å². The Bertz CT molecular complexity index is 268. The molecule has 0 amide bonds. The van der Waals surface area contributed by atoms with Gasteiger partial charge in [0.05, 0.1) is 12.8 Å². The molecule has 0 saturated heterocycles. The molecule has 1 N–H and O–H groups in total. The molecule has 1 rings (SSSR count). The summed E-state index contributed by atoms with van der Waals surface area (Å²) in [6.07, 6.45) is 4.06. The lowest BCUT2D eigenvalue weighted by atomic mass is 10.9. The predicted molar refractivity (Wildman–Crippen MR) is 39.1 cm³/mol. The van der Waals surface area contributed by atoms with Crippen molar-refractivity contribution in [2.45, 2.75) is 6.92 Å². The van der Waals surface area contributed by atoms with Crippen molar-refractivity contribution in [1.82, 2.24) is 0 Å². The summed E-state index contributed by atoms with van der Waals surface area (Å²) in [5.74, 6) is 0. The molecule has 6 heteroatoms. The summed E-state index contributed by atoms with van der Waals surface area (Å²) in [6.45, 7) is 1.77. The van der Waals surface area contributed by atoms with Gasteiger partial charge < -0.3 is 0 Å². The van der Waals surface area contributed by atoms with Gasteiger partial charge in [-0.2, -0.15) is 0 Å². The highest BCUT2D eigenvalue weighted by atomic mass is 32.2. The second-order valence-corrected chi connectivity index (χ2v) is 3.47. The number of aliphatic imine (C=N–C) groups is 1. The van der Waals surface area contributed by atoms with Crippen molar-refractivity contribution < 1.29 is 16.9 Å². The summed E-state index contributed by atoms with van der Waals surface area (Å²) in [4.78, 5) is 3.61. The standard InChI is InChI=1S/C5H8N2O3S/c1-2-10-11(8,9)7-4-3-6-5-7/h3-5H,2H2,1H3/p+1. The molecule has 0 aromatic carbocycles. The van der Waals surface area contributed by atoms with Crippen LogP contribution in [0.1, 0.15) is 6.92 Å². The zero-order valence-electron chi connectivity index (χ0n) is 6.02. The van der Waals surface area contributed by atoms with Gasteiger partial charge in [-0.25, -0.2) is 9.18 Å². The van der Waals surface area contributed by atoms with Crippen LogP contribution in [-0.2, 0) is 14.5 Å². The minimum Gasteiger partial charge on any atom is -0.226 e.